The molecule has 29 heavy (non-hydrogen) atoms. The molecule has 3 aromatic carbocycles. The number of hydrogen-bond acceptors (Lipinski definition) is 4. The fourth-order valence-corrected chi connectivity index (χ4v) is 3.30. The van der Waals surface area contributed by atoms with Gasteiger partial charge in [-0.25, -0.2) is 0 Å². The zero-order valence-electron chi connectivity index (χ0n) is 16.7. The monoisotopic (exact) mass is 390 g/mol. The average molecular weight is 390 g/mol. The predicted molar refractivity (Wildman–Crippen MR) is 116 cm³/mol. The van der Waals surface area contributed by atoms with E-state index in [1.165, 1.54) is 0 Å². The van der Waals surface area contributed by atoms with E-state index in [2.05, 4.69) is 12.1 Å². The zero-order chi connectivity index (χ0) is 20.8. The van der Waals surface area contributed by atoms with Crippen molar-refractivity contribution in [2.45, 2.75) is 33.7 Å². The van der Waals surface area contributed by atoms with E-state index in [1.54, 1.807) is 24.3 Å². The summed E-state index contributed by atoms with van der Waals surface area (Å²) in [5.41, 5.74) is 6.47. The van der Waals surface area contributed by atoms with E-state index in [1.807, 2.05) is 44.2 Å². The molecule has 3 rings (SSSR count). The third kappa shape index (κ3) is 4.86. The second-order valence-corrected chi connectivity index (χ2v) is 6.94. The van der Waals surface area contributed by atoms with Crippen molar-refractivity contribution < 1.29 is 20.1 Å². The molecule has 0 bridgehead atoms. The van der Waals surface area contributed by atoms with Crippen LogP contribution in [-0.2, 0) is 19.8 Å². The van der Waals surface area contributed by atoms with Crippen LogP contribution < -0.4 is 4.74 Å². The van der Waals surface area contributed by atoms with Crippen LogP contribution in [0.5, 0.6) is 5.75 Å². The largest absolute Gasteiger partial charge is 0.508 e. The second-order valence-electron chi connectivity index (χ2n) is 6.94. The highest BCUT2D eigenvalue weighted by atomic mass is 16.5. The van der Waals surface area contributed by atoms with Crippen molar-refractivity contribution in [1.29, 1.82) is 0 Å². The highest BCUT2D eigenvalue weighted by Crippen LogP contribution is 2.27. The van der Waals surface area contributed by atoms with Gasteiger partial charge in [-0.05, 0) is 77.6 Å². The van der Waals surface area contributed by atoms with Gasteiger partial charge < -0.3 is 20.1 Å². The van der Waals surface area contributed by atoms with Crippen LogP contribution in [0.1, 0.15) is 34.7 Å². The Morgan fingerprint density at radius 2 is 1.72 bits per heavy atom. The Morgan fingerprint density at radius 3 is 2.41 bits per heavy atom. The van der Waals surface area contributed by atoms with Gasteiger partial charge in [0, 0.05) is 5.56 Å². The number of hydrogen-bond donors (Lipinski definition) is 3. The first-order valence-corrected chi connectivity index (χ1v) is 9.57. The van der Waals surface area contributed by atoms with E-state index in [0.29, 0.717) is 23.5 Å². The van der Waals surface area contributed by atoms with Gasteiger partial charge in [-0.1, -0.05) is 36.4 Å². The fraction of sp³-hybridized carbons (Fsp3) is 0.200. The molecule has 3 N–H and O–H groups in total. The van der Waals surface area contributed by atoms with Crippen LogP contribution in [0.3, 0.4) is 0 Å². The van der Waals surface area contributed by atoms with Crippen LogP contribution in [-0.4, -0.2) is 15.3 Å². The second kappa shape index (κ2) is 9.41. The molecule has 0 spiro atoms. The summed E-state index contributed by atoms with van der Waals surface area (Å²) in [4.78, 5) is 0. The molecule has 4 nitrogen and oxygen atoms in total. The van der Waals surface area contributed by atoms with Crippen LogP contribution in [0.2, 0.25) is 0 Å². The Hall–Kier alpha value is -3.08. The number of ether oxygens (including phenoxy) is 1. The topological polar surface area (TPSA) is 69.9 Å². The lowest BCUT2D eigenvalue weighted by molar-refractivity contribution is 0.257. The standard InChI is InChI=1S/C25H26O4/c1-3-25(28)20-8-10-24(17(2)11-20)19-6-4-5-18(12-19)16-29-23-9-7-21(14-26)22(13-23)15-27/h3-13,26-28H,14-16H2,1-2H3. The van der Waals surface area contributed by atoms with Gasteiger partial charge in [-0.3, -0.25) is 0 Å². The van der Waals surface area contributed by atoms with E-state index in [0.717, 1.165) is 27.8 Å². The van der Waals surface area contributed by atoms with Gasteiger partial charge in [0.05, 0.1) is 13.2 Å². The molecule has 4 heteroatoms. The van der Waals surface area contributed by atoms with Crippen LogP contribution in [0.15, 0.2) is 66.7 Å². The molecule has 0 radical (unpaired) electrons. The first-order chi connectivity index (χ1) is 14.0. The minimum absolute atomic E-state index is 0.109. The fourth-order valence-electron chi connectivity index (χ4n) is 3.30. The molecule has 0 aromatic heterocycles. The molecule has 0 amide bonds. The van der Waals surface area contributed by atoms with Crippen LogP contribution in [0.25, 0.3) is 16.9 Å². The van der Waals surface area contributed by atoms with Crippen molar-refractivity contribution in [2.75, 3.05) is 0 Å². The van der Waals surface area contributed by atoms with Gasteiger partial charge in [0.1, 0.15) is 18.1 Å². The number of benzene rings is 3. The van der Waals surface area contributed by atoms with Crippen molar-refractivity contribution in [2.24, 2.45) is 0 Å². The van der Waals surface area contributed by atoms with Crippen molar-refractivity contribution in [3.8, 4) is 16.9 Å². The molecule has 0 heterocycles. The Morgan fingerprint density at radius 1 is 0.931 bits per heavy atom. The quantitative estimate of drug-likeness (QED) is 0.488. The lowest BCUT2D eigenvalue weighted by atomic mass is 9.96. The Bertz CT molecular complexity index is 1020. The number of aryl methyl sites for hydroxylation is 1. The summed E-state index contributed by atoms with van der Waals surface area (Å²) in [6.45, 7) is 3.99. The molecule has 0 atom stereocenters. The minimum Gasteiger partial charge on any atom is -0.508 e. The highest BCUT2D eigenvalue weighted by Gasteiger charge is 2.07. The summed E-state index contributed by atoms with van der Waals surface area (Å²) < 4.78 is 5.89. The first-order valence-electron chi connectivity index (χ1n) is 9.57. The van der Waals surface area contributed by atoms with E-state index >= 15 is 0 Å². The summed E-state index contributed by atoms with van der Waals surface area (Å²) in [6, 6.07) is 19.4. The van der Waals surface area contributed by atoms with Crippen LogP contribution in [0, 0.1) is 6.92 Å². The molecular formula is C25H26O4. The maximum Gasteiger partial charge on any atom is 0.120 e. The SMILES string of the molecule is CC=C(O)c1ccc(-c2cccc(COc3ccc(CO)c(CO)c3)c2)c(C)c1. The minimum atomic E-state index is -0.138. The maximum absolute atomic E-state index is 9.92. The molecule has 0 unspecified atom stereocenters. The molecule has 3 aromatic rings. The van der Waals surface area contributed by atoms with Gasteiger partial charge in [0.15, 0.2) is 0 Å². The molecular weight excluding hydrogens is 364 g/mol. The number of aliphatic hydroxyl groups is 3. The smallest absolute Gasteiger partial charge is 0.120 e. The Labute approximate surface area is 171 Å². The lowest BCUT2D eigenvalue weighted by Crippen LogP contribution is -1.99. The third-order valence-electron chi connectivity index (χ3n) is 4.96. The van der Waals surface area contributed by atoms with Crippen molar-refractivity contribution in [1.82, 2.24) is 0 Å². The summed E-state index contributed by atoms with van der Waals surface area (Å²) in [5.74, 6) is 0.926. The zero-order valence-corrected chi connectivity index (χ0v) is 16.7. The highest BCUT2D eigenvalue weighted by molar-refractivity contribution is 5.71. The molecule has 0 saturated heterocycles. The van der Waals surface area contributed by atoms with Crippen LogP contribution >= 0.6 is 0 Å². The first kappa shape index (κ1) is 20.6. The summed E-state index contributed by atoms with van der Waals surface area (Å²) >= 11 is 0. The Kier molecular flexibility index (Phi) is 6.70. The molecule has 150 valence electrons. The third-order valence-corrected chi connectivity index (χ3v) is 4.96. The van der Waals surface area contributed by atoms with Gasteiger partial charge in [0.2, 0.25) is 0 Å². The van der Waals surface area contributed by atoms with Gasteiger partial charge in [-0.15, -0.1) is 0 Å². The van der Waals surface area contributed by atoms with Crippen molar-refractivity contribution in [3.63, 3.8) is 0 Å². The number of rotatable bonds is 7. The maximum atomic E-state index is 9.92. The Balaban J connectivity index is 1.78. The molecule has 0 aliphatic rings. The average Bonchev–Trinajstić information content (AvgIpc) is 2.76. The molecule has 0 fully saturated rings. The van der Waals surface area contributed by atoms with E-state index in [-0.39, 0.29) is 19.0 Å². The van der Waals surface area contributed by atoms with Crippen LogP contribution in [0.4, 0.5) is 0 Å². The normalized spacial score (nSPS) is 11.5. The van der Waals surface area contributed by atoms with E-state index in [4.69, 9.17) is 4.74 Å². The molecule has 0 aliphatic carbocycles. The van der Waals surface area contributed by atoms with Gasteiger partial charge in [0.25, 0.3) is 0 Å². The lowest BCUT2D eigenvalue weighted by Gasteiger charge is -2.12. The number of allylic oxidation sites excluding steroid dienone is 1. The number of aliphatic hydroxyl groups excluding tert-OH is 3. The summed E-state index contributed by atoms with van der Waals surface area (Å²) in [5, 5.41) is 28.7. The molecule has 0 aliphatic heterocycles. The van der Waals surface area contributed by atoms with E-state index < -0.39 is 0 Å². The molecule has 0 saturated carbocycles. The van der Waals surface area contributed by atoms with Crippen molar-refractivity contribution in [3.05, 3.63) is 94.6 Å². The van der Waals surface area contributed by atoms with Gasteiger partial charge in [-0.2, -0.15) is 0 Å². The van der Waals surface area contributed by atoms with Gasteiger partial charge >= 0.3 is 0 Å². The van der Waals surface area contributed by atoms with Crippen molar-refractivity contribution >= 4 is 5.76 Å². The summed E-state index contributed by atoms with van der Waals surface area (Å²) in [7, 11) is 0. The summed E-state index contributed by atoms with van der Waals surface area (Å²) in [6.07, 6.45) is 1.68. The predicted octanol–water partition coefficient (Wildman–Crippen LogP) is 5.14. The van der Waals surface area contributed by atoms with E-state index in [9.17, 15) is 15.3 Å².